The zero-order chi connectivity index (χ0) is 16.2. The highest BCUT2D eigenvalue weighted by Gasteiger charge is 2.06. The Kier molecular flexibility index (Phi) is 4.79. The van der Waals surface area contributed by atoms with E-state index in [2.05, 4.69) is 15.9 Å². The second-order valence-electron chi connectivity index (χ2n) is 4.90. The minimum absolute atomic E-state index is 0.432. The van der Waals surface area contributed by atoms with Crippen LogP contribution in [0.1, 0.15) is 5.56 Å². The quantitative estimate of drug-likeness (QED) is 0.319. The number of benzene rings is 3. The van der Waals surface area contributed by atoms with Gasteiger partial charge in [0, 0.05) is 11.1 Å². The van der Waals surface area contributed by atoms with Crippen molar-refractivity contribution in [2.45, 2.75) is 0 Å². The molecule has 0 saturated heterocycles. The smallest absolute Gasteiger partial charge is 0.336 e. The fourth-order valence-electron chi connectivity index (χ4n) is 2.25. The highest BCUT2D eigenvalue weighted by atomic mass is 79.9. The summed E-state index contributed by atoms with van der Waals surface area (Å²) >= 11 is 9.18. The first-order chi connectivity index (χ1) is 11.1. The molecule has 0 bridgehead atoms. The first-order valence-electron chi connectivity index (χ1n) is 6.96. The number of hydrogen-bond donors (Lipinski definition) is 0. The third-order valence-corrected chi connectivity index (χ3v) is 4.18. The summed E-state index contributed by atoms with van der Waals surface area (Å²) in [6.07, 6.45) is 3.18. The number of hydrogen-bond acceptors (Lipinski definition) is 2. The maximum atomic E-state index is 12.0. The van der Waals surface area contributed by atoms with E-state index in [4.69, 9.17) is 16.3 Å². The monoisotopic (exact) mass is 386 g/mol. The summed E-state index contributed by atoms with van der Waals surface area (Å²) in [4.78, 5) is 12.0. The first-order valence-corrected chi connectivity index (χ1v) is 8.13. The SMILES string of the molecule is O=C(C=Cc1cccc2ccccc12)Oc1ccc(Cl)cc1Br. The van der Waals surface area contributed by atoms with Crippen LogP contribution < -0.4 is 4.74 Å². The minimum atomic E-state index is -0.444. The Bertz CT molecular complexity index is 898. The molecule has 3 aromatic rings. The lowest BCUT2D eigenvalue weighted by atomic mass is 10.0. The molecule has 0 aliphatic heterocycles. The van der Waals surface area contributed by atoms with Gasteiger partial charge in [-0.3, -0.25) is 0 Å². The molecule has 3 aromatic carbocycles. The topological polar surface area (TPSA) is 26.3 Å². The van der Waals surface area contributed by atoms with Gasteiger partial charge < -0.3 is 4.74 Å². The van der Waals surface area contributed by atoms with Gasteiger partial charge in [-0.1, -0.05) is 54.1 Å². The molecule has 0 radical (unpaired) electrons. The van der Waals surface area contributed by atoms with Crippen LogP contribution in [-0.2, 0) is 4.79 Å². The minimum Gasteiger partial charge on any atom is -0.422 e. The number of carbonyl (C=O) groups excluding carboxylic acids is 1. The maximum Gasteiger partial charge on any atom is 0.336 e. The predicted octanol–water partition coefficient (Wildman–Crippen LogP) is 5.87. The van der Waals surface area contributed by atoms with Gasteiger partial charge in [-0.25, -0.2) is 4.79 Å². The van der Waals surface area contributed by atoms with Gasteiger partial charge >= 0.3 is 5.97 Å². The molecular weight excluding hydrogens is 376 g/mol. The summed E-state index contributed by atoms with van der Waals surface area (Å²) in [6.45, 7) is 0. The van der Waals surface area contributed by atoms with E-state index >= 15 is 0 Å². The molecule has 23 heavy (non-hydrogen) atoms. The summed E-state index contributed by atoms with van der Waals surface area (Å²) in [6, 6.07) is 19.0. The highest BCUT2D eigenvalue weighted by Crippen LogP contribution is 2.28. The van der Waals surface area contributed by atoms with Crippen molar-refractivity contribution in [2.24, 2.45) is 0 Å². The van der Waals surface area contributed by atoms with E-state index in [0.717, 1.165) is 16.3 Å². The number of fused-ring (bicyclic) bond motifs is 1. The Labute approximate surface area is 147 Å². The van der Waals surface area contributed by atoms with E-state index in [0.29, 0.717) is 15.2 Å². The lowest BCUT2D eigenvalue weighted by Gasteiger charge is -2.04. The van der Waals surface area contributed by atoms with Crippen molar-refractivity contribution in [1.82, 2.24) is 0 Å². The van der Waals surface area contributed by atoms with Gasteiger partial charge in [-0.05, 0) is 56.5 Å². The molecule has 0 aliphatic rings. The maximum absolute atomic E-state index is 12.0. The molecule has 0 spiro atoms. The highest BCUT2D eigenvalue weighted by molar-refractivity contribution is 9.10. The second kappa shape index (κ2) is 6.99. The zero-order valence-corrected chi connectivity index (χ0v) is 14.3. The molecule has 0 N–H and O–H groups in total. The van der Waals surface area contributed by atoms with Gasteiger partial charge in [-0.2, -0.15) is 0 Å². The average molecular weight is 388 g/mol. The molecule has 3 rings (SSSR count). The van der Waals surface area contributed by atoms with Crippen molar-refractivity contribution >= 4 is 50.3 Å². The van der Waals surface area contributed by atoms with Gasteiger partial charge in [0.1, 0.15) is 5.75 Å². The summed E-state index contributed by atoms with van der Waals surface area (Å²) in [7, 11) is 0. The molecule has 0 aliphatic carbocycles. The van der Waals surface area contributed by atoms with Crippen molar-refractivity contribution in [3.63, 3.8) is 0 Å². The van der Waals surface area contributed by atoms with Crippen LogP contribution >= 0.6 is 27.5 Å². The van der Waals surface area contributed by atoms with Crippen LogP contribution in [0.4, 0.5) is 0 Å². The van der Waals surface area contributed by atoms with Crippen LogP contribution in [0.15, 0.2) is 71.2 Å². The van der Waals surface area contributed by atoms with Crippen LogP contribution in [0, 0.1) is 0 Å². The largest absolute Gasteiger partial charge is 0.422 e. The number of halogens is 2. The fourth-order valence-corrected chi connectivity index (χ4v) is 3.02. The Hall–Kier alpha value is -2.10. The fraction of sp³-hybridized carbons (Fsp3) is 0. The van der Waals surface area contributed by atoms with Crippen LogP contribution in [0.5, 0.6) is 5.75 Å². The third kappa shape index (κ3) is 3.81. The summed E-state index contributed by atoms with van der Waals surface area (Å²) in [5.74, 6) is -0.0112. The number of ether oxygens (including phenoxy) is 1. The molecule has 0 heterocycles. The Morgan fingerprint density at radius 2 is 1.83 bits per heavy atom. The van der Waals surface area contributed by atoms with E-state index in [1.165, 1.54) is 6.08 Å². The van der Waals surface area contributed by atoms with Crippen LogP contribution in [0.3, 0.4) is 0 Å². The van der Waals surface area contributed by atoms with Crippen molar-refractivity contribution < 1.29 is 9.53 Å². The average Bonchev–Trinajstić information content (AvgIpc) is 2.55. The molecule has 114 valence electrons. The van der Waals surface area contributed by atoms with E-state index in [1.807, 2.05) is 42.5 Å². The molecule has 0 unspecified atom stereocenters. The number of rotatable bonds is 3. The molecule has 4 heteroatoms. The molecular formula is C19H12BrClO2. The van der Waals surface area contributed by atoms with Crippen molar-refractivity contribution in [3.05, 3.63) is 81.8 Å². The number of esters is 1. The number of carbonyl (C=O) groups is 1. The lowest BCUT2D eigenvalue weighted by molar-refractivity contribution is -0.128. The van der Waals surface area contributed by atoms with Gasteiger partial charge in [0.15, 0.2) is 0 Å². The summed E-state index contributed by atoms with van der Waals surface area (Å²) in [5.41, 5.74) is 0.968. The van der Waals surface area contributed by atoms with Crippen LogP contribution in [0.2, 0.25) is 5.02 Å². The van der Waals surface area contributed by atoms with Crippen LogP contribution in [0.25, 0.3) is 16.8 Å². The molecule has 0 saturated carbocycles. The first kappa shape index (κ1) is 15.8. The van der Waals surface area contributed by atoms with Gasteiger partial charge in [0.25, 0.3) is 0 Å². The molecule has 0 atom stereocenters. The Morgan fingerprint density at radius 1 is 1.04 bits per heavy atom. The third-order valence-electron chi connectivity index (χ3n) is 3.33. The molecule has 0 amide bonds. The molecule has 0 aromatic heterocycles. The normalized spacial score (nSPS) is 11.0. The van der Waals surface area contributed by atoms with E-state index in [9.17, 15) is 4.79 Å². The second-order valence-corrected chi connectivity index (χ2v) is 6.19. The summed E-state index contributed by atoms with van der Waals surface area (Å²) < 4.78 is 5.94. The van der Waals surface area contributed by atoms with E-state index in [1.54, 1.807) is 24.3 Å². The predicted molar refractivity (Wildman–Crippen MR) is 97.8 cm³/mol. The van der Waals surface area contributed by atoms with Crippen molar-refractivity contribution in [3.8, 4) is 5.75 Å². The van der Waals surface area contributed by atoms with Gasteiger partial charge in [-0.15, -0.1) is 0 Å². The van der Waals surface area contributed by atoms with Gasteiger partial charge in [0.2, 0.25) is 0 Å². The lowest BCUT2D eigenvalue weighted by Crippen LogP contribution is -2.04. The Morgan fingerprint density at radius 3 is 2.65 bits per heavy atom. The molecule has 2 nitrogen and oxygen atoms in total. The summed E-state index contributed by atoms with van der Waals surface area (Å²) in [5, 5.41) is 2.79. The standard InChI is InChI=1S/C19H12BrClO2/c20-17-12-15(21)9-10-18(17)23-19(22)11-8-14-6-3-5-13-4-1-2-7-16(13)14/h1-12H. The molecule has 0 fully saturated rings. The zero-order valence-electron chi connectivity index (χ0n) is 12.0. The van der Waals surface area contributed by atoms with E-state index < -0.39 is 5.97 Å². The van der Waals surface area contributed by atoms with Crippen molar-refractivity contribution in [2.75, 3.05) is 0 Å². The Balaban J connectivity index is 1.80. The van der Waals surface area contributed by atoms with Crippen molar-refractivity contribution in [1.29, 1.82) is 0 Å². The van der Waals surface area contributed by atoms with Crippen LogP contribution in [-0.4, -0.2) is 5.97 Å². The van der Waals surface area contributed by atoms with E-state index in [-0.39, 0.29) is 0 Å². The van der Waals surface area contributed by atoms with Gasteiger partial charge in [0.05, 0.1) is 4.47 Å².